The summed E-state index contributed by atoms with van der Waals surface area (Å²) in [4.78, 5) is 22.8. The first kappa shape index (κ1) is 16.7. The number of rotatable bonds is 6. The standard InChI is InChI=1S/C18H18O5/c1-21-17(19)15-8-6-13(7-9-15)11-23-12-14-4-3-5-16(10-14)18(20)22-2/h3-10H,11-12H2,1-2H3. The van der Waals surface area contributed by atoms with E-state index in [1.165, 1.54) is 14.2 Å². The fourth-order valence-electron chi connectivity index (χ4n) is 2.05. The molecule has 5 nitrogen and oxygen atoms in total. The summed E-state index contributed by atoms with van der Waals surface area (Å²) < 4.78 is 15.0. The van der Waals surface area contributed by atoms with Gasteiger partial charge in [0.15, 0.2) is 0 Å². The van der Waals surface area contributed by atoms with Crippen LogP contribution in [0.3, 0.4) is 0 Å². The number of hydrogen-bond donors (Lipinski definition) is 0. The van der Waals surface area contributed by atoms with E-state index in [0.717, 1.165) is 11.1 Å². The molecule has 5 heteroatoms. The summed E-state index contributed by atoms with van der Waals surface area (Å²) in [6, 6.07) is 14.1. The quantitative estimate of drug-likeness (QED) is 0.767. The van der Waals surface area contributed by atoms with Gasteiger partial charge in [-0.2, -0.15) is 0 Å². The molecule has 0 fully saturated rings. The molecule has 120 valence electrons. The third-order valence-electron chi connectivity index (χ3n) is 3.26. The molecule has 0 spiro atoms. The van der Waals surface area contributed by atoms with Crippen LogP contribution in [0.2, 0.25) is 0 Å². The summed E-state index contributed by atoms with van der Waals surface area (Å²) in [5, 5.41) is 0. The molecular formula is C18H18O5. The van der Waals surface area contributed by atoms with E-state index in [1.807, 2.05) is 18.2 Å². The second-order valence-electron chi connectivity index (χ2n) is 4.87. The smallest absolute Gasteiger partial charge is 0.337 e. The topological polar surface area (TPSA) is 61.8 Å². The predicted octanol–water partition coefficient (Wildman–Crippen LogP) is 2.98. The van der Waals surface area contributed by atoms with Crippen molar-refractivity contribution in [3.63, 3.8) is 0 Å². The van der Waals surface area contributed by atoms with Gasteiger partial charge in [0.2, 0.25) is 0 Å². The highest BCUT2D eigenvalue weighted by atomic mass is 16.5. The van der Waals surface area contributed by atoms with Gasteiger partial charge in [0, 0.05) is 0 Å². The summed E-state index contributed by atoms with van der Waals surface area (Å²) >= 11 is 0. The third-order valence-corrected chi connectivity index (χ3v) is 3.26. The Morgan fingerprint density at radius 2 is 1.39 bits per heavy atom. The van der Waals surface area contributed by atoms with Gasteiger partial charge in [0.25, 0.3) is 0 Å². The van der Waals surface area contributed by atoms with E-state index >= 15 is 0 Å². The van der Waals surface area contributed by atoms with Gasteiger partial charge in [0.05, 0.1) is 38.6 Å². The molecule has 0 atom stereocenters. The molecule has 0 unspecified atom stereocenters. The molecule has 0 aliphatic carbocycles. The average molecular weight is 314 g/mol. The van der Waals surface area contributed by atoms with E-state index in [2.05, 4.69) is 9.47 Å². The van der Waals surface area contributed by atoms with Gasteiger partial charge in [-0.25, -0.2) is 9.59 Å². The Hall–Kier alpha value is -2.66. The summed E-state index contributed by atoms with van der Waals surface area (Å²) in [5.74, 6) is -0.734. The van der Waals surface area contributed by atoms with Gasteiger partial charge >= 0.3 is 11.9 Å². The average Bonchev–Trinajstić information content (AvgIpc) is 2.61. The molecule has 2 aromatic rings. The monoisotopic (exact) mass is 314 g/mol. The van der Waals surface area contributed by atoms with E-state index in [1.54, 1.807) is 30.3 Å². The highest BCUT2D eigenvalue weighted by Gasteiger charge is 2.06. The highest BCUT2D eigenvalue weighted by molar-refractivity contribution is 5.89. The maximum absolute atomic E-state index is 11.5. The summed E-state index contributed by atoms with van der Waals surface area (Å²) in [7, 11) is 2.70. The van der Waals surface area contributed by atoms with E-state index in [4.69, 9.17) is 4.74 Å². The molecule has 0 radical (unpaired) electrons. The van der Waals surface area contributed by atoms with Gasteiger partial charge in [0.1, 0.15) is 0 Å². The second-order valence-corrected chi connectivity index (χ2v) is 4.87. The van der Waals surface area contributed by atoms with Gasteiger partial charge in [-0.05, 0) is 35.4 Å². The Morgan fingerprint density at radius 1 is 0.783 bits per heavy atom. The predicted molar refractivity (Wildman–Crippen MR) is 84.1 cm³/mol. The molecule has 0 N–H and O–H groups in total. The van der Waals surface area contributed by atoms with Gasteiger partial charge in [-0.1, -0.05) is 24.3 Å². The minimum atomic E-state index is -0.370. The van der Waals surface area contributed by atoms with E-state index in [-0.39, 0.29) is 11.9 Å². The van der Waals surface area contributed by atoms with Crippen LogP contribution in [-0.4, -0.2) is 26.2 Å². The lowest BCUT2D eigenvalue weighted by Gasteiger charge is -2.07. The second kappa shape index (κ2) is 8.10. The minimum Gasteiger partial charge on any atom is -0.465 e. The molecule has 23 heavy (non-hydrogen) atoms. The SMILES string of the molecule is COC(=O)c1ccc(COCc2cccc(C(=O)OC)c2)cc1. The van der Waals surface area contributed by atoms with Gasteiger partial charge in [-0.15, -0.1) is 0 Å². The Labute approximate surface area is 134 Å². The Morgan fingerprint density at radius 3 is 2.04 bits per heavy atom. The van der Waals surface area contributed by atoms with Crippen LogP contribution in [0.4, 0.5) is 0 Å². The summed E-state index contributed by atoms with van der Waals surface area (Å²) in [6.45, 7) is 0.785. The first-order valence-electron chi connectivity index (χ1n) is 7.06. The molecule has 0 saturated heterocycles. The highest BCUT2D eigenvalue weighted by Crippen LogP contribution is 2.11. The molecule has 2 aromatic carbocycles. The van der Waals surface area contributed by atoms with Crippen LogP contribution in [0.15, 0.2) is 48.5 Å². The number of carbonyl (C=O) groups excluding carboxylic acids is 2. The van der Waals surface area contributed by atoms with Crippen molar-refractivity contribution in [2.75, 3.05) is 14.2 Å². The van der Waals surface area contributed by atoms with Crippen molar-refractivity contribution in [2.45, 2.75) is 13.2 Å². The third kappa shape index (κ3) is 4.66. The zero-order valence-corrected chi connectivity index (χ0v) is 13.1. The van der Waals surface area contributed by atoms with E-state index < -0.39 is 0 Å². The van der Waals surface area contributed by atoms with Crippen molar-refractivity contribution >= 4 is 11.9 Å². The number of methoxy groups -OCH3 is 2. The largest absolute Gasteiger partial charge is 0.465 e. The van der Waals surface area contributed by atoms with Crippen LogP contribution in [0, 0.1) is 0 Å². The number of carbonyl (C=O) groups is 2. The Bertz CT molecular complexity index is 676. The molecule has 0 aliphatic rings. The van der Waals surface area contributed by atoms with Crippen molar-refractivity contribution < 1.29 is 23.8 Å². The first-order chi connectivity index (χ1) is 11.1. The molecule has 0 bridgehead atoms. The van der Waals surface area contributed by atoms with Crippen molar-refractivity contribution in [3.05, 3.63) is 70.8 Å². The minimum absolute atomic E-state index is 0.364. The van der Waals surface area contributed by atoms with Crippen LogP contribution >= 0.6 is 0 Å². The normalized spacial score (nSPS) is 10.2. The first-order valence-corrected chi connectivity index (χ1v) is 7.06. The van der Waals surface area contributed by atoms with Crippen molar-refractivity contribution in [3.8, 4) is 0 Å². The van der Waals surface area contributed by atoms with Crippen LogP contribution in [0.5, 0.6) is 0 Å². The lowest BCUT2D eigenvalue weighted by atomic mass is 10.1. The van der Waals surface area contributed by atoms with Crippen molar-refractivity contribution in [1.82, 2.24) is 0 Å². The van der Waals surface area contributed by atoms with Crippen LogP contribution in [0.1, 0.15) is 31.8 Å². The number of ether oxygens (including phenoxy) is 3. The number of hydrogen-bond acceptors (Lipinski definition) is 5. The van der Waals surface area contributed by atoms with Crippen molar-refractivity contribution in [1.29, 1.82) is 0 Å². The van der Waals surface area contributed by atoms with Crippen LogP contribution < -0.4 is 0 Å². The van der Waals surface area contributed by atoms with Gasteiger partial charge < -0.3 is 14.2 Å². The number of esters is 2. The van der Waals surface area contributed by atoms with Crippen molar-refractivity contribution in [2.24, 2.45) is 0 Å². The van der Waals surface area contributed by atoms with Crippen LogP contribution in [0.25, 0.3) is 0 Å². The van der Waals surface area contributed by atoms with Crippen LogP contribution in [-0.2, 0) is 27.4 Å². The summed E-state index contributed by atoms with van der Waals surface area (Å²) in [6.07, 6.45) is 0. The molecule has 0 heterocycles. The molecule has 0 amide bonds. The molecular weight excluding hydrogens is 296 g/mol. The molecule has 0 aliphatic heterocycles. The molecule has 0 saturated carbocycles. The fourth-order valence-corrected chi connectivity index (χ4v) is 2.05. The molecule has 0 aromatic heterocycles. The number of benzene rings is 2. The van der Waals surface area contributed by atoms with E-state index in [9.17, 15) is 9.59 Å². The maximum atomic E-state index is 11.5. The zero-order valence-electron chi connectivity index (χ0n) is 13.1. The lowest BCUT2D eigenvalue weighted by molar-refractivity contribution is 0.0591. The zero-order chi connectivity index (χ0) is 16.7. The fraction of sp³-hybridized carbons (Fsp3) is 0.222. The molecule has 2 rings (SSSR count). The summed E-state index contributed by atoms with van der Waals surface area (Å²) in [5.41, 5.74) is 2.83. The van der Waals surface area contributed by atoms with E-state index in [0.29, 0.717) is 24.3 Å². The van der Waals surface area contributed by atoms with Gasteiger partial charge in [-0.3, -0.25) is 0 Å². The Balaban J connectivity index is 1.90. The lowest BCUT2D eigenvalue weighted by Crippen LogP contribution is -2.03. The maximum Gasteiger partial charge on any atom is 0.337 e. The Kier molecular flexibility index (Phi) is 5.88.